The number of fused-ring (bicyclic) bond motifs is 1. The van der Waals surface area contributed by atoms with Crippen molar-refractivity contribution in [3.63, 3.8) is 0 Å². The fraction of sp³-hybridized carbons (Fsp3) is 0.103. The Kier molecular flexibility index (Phi) is 7.46. The summed E-state index contributed by atoms with van der Waals surface area (Å²) in [4.78, 5) is 20.2. The Balaban J connectivity index is 1.48. The summed E-state index contributed by atoms with van der Waals surface area (Å²) in [6.07, 6.45) is 0. The predicted molar refractivity (Wildman–Crippen MR) is 155 cm³/mol. The molecule has 9 heteroatoms. The Morgan fingerprint density at radius 3 is 2.21 bits per heavy atom. The van der Waals surface area contributed by atoms with E-state index < -0.39 is 10.0 Å². The van der Waals surface area contributed by atoms with Crippen LogP contribution in [0.15, 0.2) is 108 Å². The number of nitrogens with zero attached hydrogens (tertiary/aromatic N) is 3. The Bertz CT molecular complexity index is 1670. The first-order valence-electron chi connectivity index (χ1n) is 12.0. The van der Waals surface area contributed by atoms with E-state index in [0.29, 0.717) is 27.9 Å². The first-order chi connectivity index (χ1) is 18.4. The zero-order valence-electron chi connectivity index (χ0n) is 20.5. The monoisotopic (exact) mass is 561 g/mol. The summed E-state index contributed by atoms with van der Waals surface area (Å²) in [6.45, 7) is 2.37. The summed E-state index contributed by atoms with van der Waals surface area (Å²) in [6, 6.07) is 30.1. The van der Waals surface area contributed by atoms with Crippen LogP contribution >= 0.6 is 22.9 Å². The number of hydrogen-bond donors (Lipinski definition) is 0. The molecule has 0 unspecified atom stereocenters. The molecule has 0 aliphatic carbocycles. The number of para-hydroxylation sites is 1. The average Bonchev–Trinajstić information content (AvgIpc) is 3.36. The van der Waals surface area contributed by atoms with Gasteiger partial charge < -0.3 is 0 Å². The van der Waals surface area contributed by atoms with Crippen LogP contribution in [0.1, 0.15) is 22.8 Å². The molecule has 1 heterocycles. The largest absolute Gasteiger partial charge is 0.279 e. The van der Waals surface area contributed by atoms with Gasteiger partial charge in [0.2, 0.25) is 0 Å². The number of sulfonamides is 1. The molecule has 0 fully saturated rings. The number of benzene rings is 4. The van der Waals surface area contributed by atoms with E-state index >= 15 is 0 Å². The van der Waals surface area contributed by atoms with Crippen LogP contribution in [0.3, 0.4) is 0 Å². The van der Waals surface area contributed by atoms with Gasteiger partial charge in [-0.1, -0.05) is 71.5 Å². The fourth-order valence-corrected chi connectivity index (χ4v) is 6.85. The van der Waals surface area contributed by atoms with Crippen molar-refractivity contribution in [3.05, 3.63) is 119 Å². The lowest BCUT2D eigenvalue weighted by molar-refractivity contribution is 0.0985. The van der Waals surface area contributed by atoms with Crippen molar-refractivity contribution in [2.75, 3.05) is 15.7 Å². The average molecular weight is 562 g/mol. The topological polar surface area (TPSA) is 70.6 Å². The Morgan fingerprint density at radius 2 is 1.55 bits per heavy atom. The van der Waals surface area contributed by atoms with Gasteiger partial charge in [0.15, 0.2) is 5.13 Å². The summed E-state index contributed by atoms with van der Waals surface area (Å²) in [7, 11) is -3.80. The molecule has 0 atom stereocenters. The quantitative estimate of drug-likeness (QED) is 0.204. The standard InChI is InChI=1S/C29H24ClN3O3S2/c1-2-33(24-11-7-4-8-12-24)38(35,36)25-16-13-22(14-17-25)28(34)32(20-21-9-5-3-6-10-21)29-31-26-18-15-23(30)19-27(26)37-29/h3-19H,2,20H2,1H3. The van der Waals surface area contributed by atoms with Crippen LogP contribution in [0.5, 0.6) is 0 Å². The van der Waals surface area contributed by atoms with E-state index in [1.165, 1.54) is 27.8 Å². The molecular formula is C29H24ClN3O3S2. The SMILES string of the molecule is CCN(c1ccccc1)S(=O)(=O)c1ccc(C(=O)N(Cc2ccccc2)c2nc3ccc(Cl)cc3s2)cc1. The van der Waals surface area contributed by atoms with Crippen LogP contribution in [0, 0.1) is 0 Å². The Hall–Kier alpha value is -3.72. The summed E-state index contributed by atoms with van der Waals surface area (Å²) in [5.74, 6) is -0.279. The number of amides is 1. The Labute approximate surface area is 230 Å². The maximum Gasteiger partial charge on any atom is 0.264 e. The van der Waals surface area contributed by atoms with Crippen molar-refractivity contribution in [2.24, 2.45) is 0 Å². The molecule has 5 aromatic rings. The minimum absolute atomic E-state index is 0.115. The maximum atomic E-state index is 13.8. The molecule has 5 rings (SSSR count). The van der Waals surface area contributed by atoms with E-state index in [0.717, 1.165) is 15.8 Å². The zero-order valence-corrected chi connectivity index (χ0v) is 22.9. The molecule has 0 radical (unpaired) electrons. The molecule has 1 amide bonds. The van der Waals surface area contributed by atoms with E-state index in [9.17, 15) is 13.2 Å². The first kappa shape index (κ1) is 25.9. The molecule has 0 bridgehead atoms. The number of thiazole rings is 1. The lowest BCUT2D eigenvalue weighted by Crippen LogP contribution is -2.31. The minimum atomic E-state index is -3.80. The van der Waals surface area contributed by atoms with Crippen LogP contribution in [0.4, 0.5) is 10.8 Å². The van der Waals surface area contributed by atoms with E-state index in [2.05, 4.69) is 4.98 Å². The van der Waals surface area contributed by atoms with Crippen molar-refractivity contribution in [2.45, 2.75) is 18.4 Å². The van der Waals surface area contributed by atoms with Crippen molar-refractivity contribution >= 4 is 59.9 Å². The predicted octanol–water partition coefficient (Wildman–Crippen LogP) is 7.01. The van der Waals surface area contributed by atoms with Crippen LogP contribution in [0.25, 0.3) is 10.2 Å². The molecular weight excluding hydrogens is 538 g/mol. The van der Waals surface area contributed by atoms with Crippen LogP contribution in [-0.2, 0) is 16.6 Å². The molecule has 38 heavy (non-hydrogen) atoms. The molecule has 0 aliphatic rings. The first-order valence-corrected chi connectivity index (χ1v) is 14.6. The lowest BCUT2D eigenvalue weighted by atomic mass is 10.1. The number of rotatable bonds is 8. The number of carbonyl (C=O) groups excluding carboxylic acids is 1. The highest BCUT2D eigenvalue weighted by Gasteiger charge is 2.26. The van der Waals surface area contributed by atoms with E-state index in [4.69, 9.17) is 11.6 Å². The van der Waals surface area contributed by atoms with Gasteiger partial charge in [0, 0.05) is 17.1 Å². The smallest absolute Gasteiger partial charge is 0.264 e. The van der Waals surface area contributed by atoms with E-state index in [-0.39, 0.29) is 17.3 Å². The minimum Gasteiger partial charge on any atom is -0.279 e. The molecule has 0 saturated carbocycles. The number of anilines is 2. The van der Waals surface area contributed by atoms with Crippen molar-refractivity contribution in [1.82, 2.24) is 4.98 Å². The van der Waals surface area contributed by atoms with Gasteiger partial charge in [-0.3, -0.25) is 14.0 Å². The van der Waals surface area contributed by atoms with Crippen LogP contribution in [-0.4, -0.2) is 25.9 Å². The van der Waals surface area contributed by atoms with Gasteiger partial charge in [0.1, 0.15) is 0 Å². The number of halogens is 1. The molecule has 1 aromatic heterocycles. The molecule has 0 aliphatic heterocycles. The normalized spacial score (nSPS) is 11.4. The summed E-state index contributed by atoms with van der Waals surface area (Å²) in [5.41, 5.74) is 2.64. The van der Waals surface area contributed by atoms with Crippen molar-refractivity contribution < 1.29 is 13.2 Å². The van der Waals surface area contributed by atoms with Crippen LogP contribution < -0.4 is 9.21 Å². The third-order valence-electron chi connectivity index (χ3n) is 6.02. The highest BCUT2D eigenvalue weighted by Crippen LogP contribution is 2.33. The maximum absolute atomic E-state index is 13.8. The molecule has 4 aromatic carbocycles. The third-order valence-corrected chi connectivity index (χ3v) is 9.21. The number of hydrogen-bond acceptors (Lipinski definition) is 5. The van der Waals surface area contributed by atoms with Gasteiger partial charge in [-0.25, -0.2) is 13.4 Å². The highest BCUT2D eigenvalue weighted by molar-refractivity contribution is 7.92. The van der Waals surface area contributed by atoms with E-state index in [1.54, 1.807) is 54.3 Å². The van der Waals surface area contributed by atoms with Gasteiger partial charge in [-0.05, 0) is 67.1 Å². The second-order valence-corrected chi connectivity index (χ2v) is 11.8. The van der Waals surface area contributed by atoms with Gasteiger partial charge in [-0.2, -0.15) is 0 Å². The lowest BCUT2D eigenvalue weighted by Gasteiger charge is -2.23. The molecule has 0 N–H and O–H groups in total. The van der Waals surface area contributed by atoms with Crippen molar-refractivity contribution in [1.29, 1.82) is 0 Å². The highest BCUT2D eigenvalue weighted by atomic mass is 35.5. The third kappa shape index (κ3) is 5.29. The number of aromatic nitrogens is 1. The van der Waals surface area contributed by atoms with Crippen molar-refractivity contribution in [3.8, 4) is 0 Å². The second-order valence-electron chi connectivity index (χ2n) is 8.52. The van der Waals surface area contributed by atoms with Crippen LogP contribution in [0.2, 0.25) is 5.02 Å². The summed E-state index contributed by atoms with van der Waals surface area (Å²) in [5, 5.41) is 1.14. The number of carbonyl (C=O) groups is 1. The fourth-order valence-electron chi connectivity index (χ4n) is 4.13. The Morgan fingerprint density at radius 1 is 0.895 bits per heavy atom. The molecule has 192 valence electrons. The zero-order chi connectivity index (χ0) is 26.7. The summed E-state index contributed by atoms with van der Waals surface area (Å²) >= 11 is 7.55. The van der Waals surface area contributed by atoms with Gasteiger partial charge >= 0.3 is 0 Å². The van der Waals surface area contributed by atoms with Gasteiger partial charge in [-0.15, -0.1) is 0 Å². The summed E-state index contributed by atoms with van der Waals surface area (Å²) < 4.78 is 29.0. The molecule has 0 saturated heterocycles. The molecule has 6 nitrogen and oxygen atoms in total. The molecule has 0 spiro atoms. The second kappa shape index (κ2) is 10.9. The van der Waals surface area contributed by atoms with Gasteiger partial charge in [0.25, 0.3) is 15.9 Å². The van der Waals surface area contributed by atoms with Gasteiger partial charge in [0.05, 0.1) is 27.3 Å². The van der Waals surface area contributed by atoms with E-state index in [1.807, 2.05) is 48.5 Å².